The zero-order chi connectivity index (χ0) is 13.0. The molecule has 18 heavy (non-hydrogen) atoms. The second-order valence-electron chi connectivity index (χ2n) is 4.43. The van der Waals surface area contributed by atoms with Crippen LogP contribution in [0.4, 0.5) is 5.82 Å². The SMILES string of the molecule is COCCC(C)Nc1cc2ccccc2c(=O)[nH]1. The highest BCUT2D eigenvalue weighted by Crippen LogP contribution is 2.13. The van der Waals surface area contributed by atoms with Crippen molar-refractivity contribution in [1.29, 1.82) is 0 Å². The Morgan fingerprint density at radius 1 is 1.39 bits per heavy atom. The highest BCUT2D eigenvalue weighted by molar-refractivity contribution is 5.83. The Morgan fingerprint density at radius 2 is 2.17 bits per heavy atom. The largest absolute Gasteiger partial charge is 0.385 e. The Balaban J connectivity index is 2.22. The average Bonchev–Trinajstić information content (AvgIpc) is 2.36. The lowest BCUT2D eigenvalue weighted by molar-refractivity contribution is 0.191. The van der Waals surface area contributed by atoms with Crippen LogP contribution in [-0.4, -0.2) is 24.7 Å². The van der Waals surface area contributed by atoms with E-state index in [1.807, 2.05) is 30.3 Å². The summed E-state index contributed by atoms with van der Waals surface area (Å²) in [6, 6.07) is 9.77. The van der Waals surface area contributed by atoms with Gasteiger partial charge in [0.2, 0.25) is 0 Å². The maximum atomic E-state index is 11.9. The lowest BCUT2D eigenvalue weighted by Gasteiger charge is -2.14. The number of benzene rings is 1. The Bertz CT molecular complexity index is 577. The molecular weight excluding hydrogens is 228 g/mol. The van der Waals surface area contributed by atoms with Crippen LogP contribution in [0.3, 0.4) is 0 Å². The molecule has 1 unspecified atom stereocenters. The number of anilines is 1. The third-order valence-electron chi connectivity index (χ3n) is 2.91. The fourth-order valence-electron chi connectivity index (χ4n) is 1.92. The lowest BCUT2D eigenvalue weighted by Crippen LogP contribution is -2.20. The normalized spacial score (nSPS) is 12.6. The molecule has 4 heteroatoms. The summed E-state index contributed by atoms with van der Waals surface area (Å²) in [5.41, 5.74) is -0.0606. The number of rotatable bonds is 5. The topological polar surface area (TPSA) is 54.1 Å². The van der Waals surface area contributed by atoms with Crippen LogP contribution in [-0.2, 0) is 4.74 Å². The zero-order valence-electron chi connectivity index (χ0n) is 10.7. The summed E-state index contributed by atoms with van der Waals surface area (Å²) in [7, 11) is 1.69. The van der Waals surface area contributed by atoms with Crippen LogP contribution in [0.1, 0.15) is 13.3 Å². The van der Waals surface area contributed by atoms with Crippen LogP contribution < -0.4 is 10.9 Å². The van der Waals surface area contributed by atoms with Gasteiger partial charge in [0.15, 0.2) is 0 Å². The van der Waals surface area contributed by atoms with E-state index in [0.717, 1.165) is 17.6 Å². The van der Waals surface area contributed by atoms with E-state index in [1.54, 1.807) is 7.11 Å². The molecule has 1 aromatic heterocycles. The first-order chi connectivity index (χ1) is 8.70. The quantitative estimate of drug-likeness (QED) is 0.851. The van der Waals surface area contributed by atoms with Crippen LogP contribution in [0.5, 0.6) is 0 Å². The molecule has 0 spiro atoms. The van der Waals surface area contributed by atoms with Gasteiger partial charge in [0.05, 0.1) is 0 Å². The minimum atomic E-state index is -0.0606. The standard InChI is InChI=1S/C14H18N2O2/c1-10(7-8-18-2)15-13-9-11-5-3-4-6-12(11)14(17)16-13/h3-6,9-10H,7-8H2,1-2H3,(H2,15,16,17). The second kappa shape index (κ2) is 5.69. The molecule has 0 aliphatic carbocycles. The molecule has 0 saturated carbocycles. The van der Waals surface area contributed by atoms with E-state index in [4.69, 9.17) is 4.74 Å². The summed E-state index contributed by atoms with van der Waals surface area (Å²) in [6.07, 6.45) is 0.894. The fourth-order valence-corrected chi connectivity index (χ4v) is 1.92. The van der Waals surface area contributed by atoms with Crippen molar-refractivity contribution in [3.05, 3.63) is 40.7 Å². The predicted octanol–water partition coefficient (Wildman–Crippen LogP) is 2.37. The number of hydrogen-bond acceptors (Lipinski definition) is 3. The number of pyridine rings is 1. The summed E-state index contributed by atoms with van der Waals surface area (Å²) < 4.78 is 5.03. The first-order valence-corrected chi connectivity index (χ1v) is 6.08. The Labute approximate surface area is 106 Å². The van der Waals surface area contributed by atoms with Crippen molar-refractivity contribution in [2.24, 2.45) is 0 Å². The van der Waals surface area contributed by atoms with E-state index in [1.165, 1.54) is 0 Å². The fraction of sp³-hybridized carbons (Fsp3) is 0.357. The van der Waals surface area contributed by atoms with Crippen molar-refractivity contribution < 1.29 is 4.74 Å². The molecule has 1 aromatic carbocycles. The molecule has 2 aromatic rings. The maximum absolute atomic E-state index is 11.9. The number of aromatic nitrogens is 1. The number of nitrogens with one attached hydrogen (secondary N) is 2. The third-order valence-corrected chi connectivity index (χ3v) is 2.91. The Hall–Kier alpha value is -1.81. The van der Waals surface area contributed by atoms with Crippen molar-refractivity contribution in [3.63, 3.8) is 0 Å². The van der Waals surface area contributed by atoms with Gasteiger partial charge in [0.25, 0.3) is 5.56 Å². The monoisotopic (exact) mass is 246 g/mol. The van der Waals surface area contributed by atoms with Crippen LogP contribution >= 0.6 is 0 Å². The molecule has 0 saturated heterocycles. The Kier molecular flexibility index (Phi) is 3.99. The van der Waals surface area contributed by atoms with Crippen LogP contribution in [0, 0.1) is 0 Å². The van der Waals surface area contributed by atoms with Gasteiger partial charge in [0, 0.05) is 25.1 Å². The number of ether oxygens (including phenoxy) is 1. The first kappa shape index (κ1) is 12.6. The molecular formula is C14H18N2O2. The van der Waals surface area contributed by atoms with E-state index in [-0.39, 0.29) is 11.6 Å². The van der Waals surface area contributed by atoms with Crippen molar-refractivity contribution in [3.8, 4) is 0 Å². The lowest BCUT2D eigenvalue weighted by atomic mass is 10.1. The van der Waals surface area contributed by atoms with E-state index < -0.39 is 0 Å². The number of fused-ring (bicyclic) bond motifs is 1. The molecule has 1 heterocycles. The van der Waals surface area contributed by atoms with Gasteiger partial charge in [-0.3, -0.25) is 4.79 Å². The summed E-state index contributed by atoms with van der Waals surface area (Å²) in [4.78, 5) is 14.7. The molecule has 96 valence electrons. The van der Waals surface area contributed by atoms with Gasteiger partial charge < -0.3 is 15.0 Å². The van der Waals surface area contributed by atoms with Gasteiger partial charge in [-0.1, -0.05) is 18.2 Å². The van der Waals surface area contributed by atoms with Gasteiger partial charge in [-0.15, -0.1) is 0 Å². The smallest absolute Gasteiger partial charge is 0.257 e. The minimum Gasteiger partial charge on any atom is -0.385 e. The van der Waals surface area contributed by atoms with E-state index >= 15 is 0 Å². The number of aromatic amines is 1. The van der Waals surface area contributed by atoms with E-state index in [9.17, 15) is 4.79 Å². The van der Waals surface area contributed by atoms with E-state index in [2.05, 4.69) is 17.2 Å². The molecule has 0 radical (unpaired) electrons. The van der Waals surface area contributed by atoms with Crippen molar-refractivity contribution in [2.75, 3.05) is 19.0 Å². The minimum absolute atomic E-state index is 0.0606. The van der Waals surface area contributed by atoms with Crippen molar-refractivity contribution in [2.45, 2.75) is 19.4 Å². The number of H-pyrrole nitrogens is 1. The zero-order valence-corrected chi connectivity index (χ0v) is 10.7. The molecule has 0 bridgehead atoms. The van der Waals surface area contributed by atoms with E-state index in [0.29, 0.717) is 12.0 Å². The summed E-state index contributed by atoms with van der Waals surface area (Å²) in [5, 5.41) is 4.94. The summed E-state index contributed by atoms with van der Waals surface area (Å²) in [5.74, 6) is 0.752. The highest BCUT2D eigenvalue weighted by Gasteiger charge is 2.04. The predicted molar refractivity (Wildman–Crippen MR) is 74.1 cm³/mol. The van der Waals surface area contributed by atoms with Crippen LogP contribution in [0.2, 0.25) is 0 Å². The average molecular weight is 246 g/mol. The summed E-state index contributed by atoms with van der Waals surface area (Å²) >= 11 is 0. The molecule has 0 amide bonds. The molecule has 2 rings (SSSR count). The highest BCUT2D eigenvalue weighted by atomic mass is 16.5. The summed E-state index contributed by atoms with van der Waals surface area (Å²) in [6.45, 7) is 2.76. The Morgan fingerprint density at radius 3 is 2.94 bits per heavy atom. The van der Waals surface area contributed by atoms with Gasteiger partial charge in [-0.05, 0) is 30.9 Å². The van der Waals surface area contributed by atoms with Gasteiger partial charge in [0.1, 0.15) is 5.82 Å². The van der Waals surface area contributed by atoms with Crippen LogP contribution in [0.15, 0.2) is 35.1 Å². The molecule has 1 atom stereocenters. The van der Waals surface area contributed by atoms with Gasteiger partial charge >= 0.3 is 0 Å². The number of methoxy groups -OCH3 is 1. The second-order valence-corrected chi connectivity index (χ2v) is 4.43. The molecule has 2 N–H and O–H groups in total. The number of hydrogen-bond donors (Lipinski definition) is 2. The molecule has 0 aliphatic rings. The van der Waals surface area contributed by atoms with Gasteiger partial charge in [-0.25, -0.2) is 0 Å². The molecule has 4 nitrogen and oxygen atoms in total. The van der Waals surface area contributed by atoms with Crippen LogP contribution in [0.25, 0.3) is 10.8 Å². The van der Waals surface area contributed by atoms with Crippen molar-refractivity contribution in [1.82, 2.24) is 4.98 Å². The molecule has 0 aliphatic heterocycles. The molecule has 0 fully saturated rings. The third kappa shape index (κ3) is 2.90. The first-order valence-electron chi connectivity index (χ1n) is 6.08. The van der Waals surface area contributed by atoms with Crippen molar-refractivity contribution >= 4 is 16.6 Å². The van der Waals surface area contributed by atoms with Gasteiger partial charge in [-0.2, -0.15) is 0 Å². The maximum Gasteiger partial charge on any atom is 0.257 e.